The molecule has 23 heavy (non-hydrogen) atoms. The number of benzene rings is 1. The number of hydrogen-bond donors (Lipinski definition) is 0. The van der Waals surface area contributed by atoms with Crippen LogP contribution in [0.2, 0.25) is 0 Å². The predicted molar refractivity (Wildman–Crippen MR) is 89.8 cm³/mol. The number of hydrogen-bond acceptors (Lipinski definition) is 6. The Morgan fingerprint density at radius 2 is 2.04 bits per heavy atom. The van der Waals surface area contributed by atoms with Crippen LogP contribution in [0.4, 0.5) is 5.82 Å². The van der Waals surface area contributed by atoms with Gasteiger partial charge in [0.25, 0.3) is 5.71 Å². The predicted octanol–water partition coefficient (Wildman–Crippen LogP) is 3.53. The van der Waals surface area contributed by atoms with Crippen molar-refractivity contribution in [3.8, 4) is 17.0 Å². The van der Waals surface area contributed by atoms with E-state index in [-0.39, 0.29) is 0 Å². The number of nitrogens with zero attached hydrogens (tertiary/aromatic N) is 4. The molecule has 0 amide bonds. The molecule has 0 aliphatic heterocycles. The summed E-state index contributed by atoms with van der Waals surface area (Å²) in [5.74, 6) is 1.57. The molecule has 0 unspecified atom stereocenters. The van der Waals surface area contributed by atoms with Gasteiger partial charge in [-0.1, -0.05) is 30.6 Å². The molecule has 0 fully saturated rings. The summed E-state index contributed by atoms with van der Waals surface area (Å²) < 4.78 is 10.9. The maximum absolute atomic E-state index is 5.45. The molecular formula is C17H20N4O2. The van der Waals surface area contributed by atoms with E-state index in [0.717, 1.165) is 41.9 Å². The third-order valence-electron chi connectivity index (χ3n) is 3.82. The number of unbranched alkanes of at least 4 members (excludes halogenated alkanes) is 1. The molecule has 1 aromatic carbocycles. The molecule has 3 rings (SSSR count). The second-order valence-corrected chi connectivity index (χ2v) is 5.38. The van der Waals surface area contributed by atoms with Gasteiger partial charge in [0.2, 0.25) is 0 Å². The van der Waals surface area contributed by atoms with E-state index in [0.29, 0.717) is 11.4 Å². The summed E-state index contributed by atoms with van der Waals surface area (Å²) in [5, 5.41) is 5.03. The van der Waals surface area contributed by atoms with Gasteiger partial charge in [-0.25, -0.2) is 4.98 Å². The molecule has 2 heterocycles. The first-order valence-electron chi connectivity index (χ1n) is 7.71. The van der Waals surface area contributed by atoms with Crippen molar-refractivity contribution in [3.05, 3.63) is 30.6 Å². The fourth-order valence-electron chi connectivity index (χ4n) is 2.59. The summed E-state index contributed by atoms with van der Waals surface area (Å²) in [6.07, 6.45) is 3.73. The van der Waals surface area contributed by atoms with E-state index in [1.807, 2.05) is 31.3 Å². The van der Waals surface area contributed by atoms with Crippen LogP contribution in [0.25, 0.3) is 22.4 Å². The lowest BCUT2D eigenvalue weighted by atomic mass is 10.1. The Morgan fingerprint density at radius 1 is 1.22 bits per heavy atom. The van der Waals surface area contributed by atoms with E-state index < -0.39 is 0 Å². The molecule has 0 aliphatic carbocycles. The molecular weight excluding hydrogens is 292 g/mol. The van der Waals surface area contributed by atoms with E-state index in [2.05, 4.69) is 26.9 Å². The molecule has 0 spiro atoms. The zero-order valence-corrected chi connectivity index (χ0v) is 13.6. The quantitative estimate of drug-likeness (QED) is 0.694. The molecule has 6 heteroatoms. The lowest BCUT2D eigenvalue weighted by molar-refractivity contribution is 0.414. The molecule has 0 aliphatic rings. The number of methoxy groups -OCH3 is 1. The highest BCUT2D eigenvalue weighted by molar-refractivity contribution is 5.98. The highest BCUT2D eigenvalue weighted by Crippen LogP contribution is 2.37. The van der Waals surface area contributed by atoms with Crippen LogP contribution >= 0.6 is 0 Å². The van der Waals surface area contributed by atoms with E-state index in [4.69, 9.17) is 9.26 Å². The molecule has 0 saturated heterocycles. The minimum atomic E-state index is 0.485. The molecule has 0 radical (unpaired) electrons. The Kier molecular flexibility index (Phi) is 4.41. The first-order valence-corrected chi connectivity index (χ1v) is 7.71. The van der Waals surface area contributed by atoms with Gasteiger partial charge in [0, 0.05) is 19.2 Å². The molecule has 0 bridgehead atoms. The summed E-state index contributed by atoms with van der Waals surface area (Å²) in [7, 11) is 3.67. The van der Waals surface area contributed by atoms with Crippen molar-refractivity contribution in [2.45, 2.75) is 19.8 Å². The molecule has 0 saturated carbocycles. The van der Waals surface area contributed by atoms with Crippen LogP contribution < -0.4 is 9.64 Å². The van der Waals surface area contributed by atoms with Gasteiger partial charge in [0.15, 0.2) is 0 Å². The fraction of sp³-hybridized carbons (Fsp3) is 0.353. The standard InChI is InChI=1S/C17H20N4O2/c1-4-5-10-21(2)16-14-15(20-23-17(14)19-11-18-16)12-8-6-7-9-13(12)22-3/h6-9,11H,4-5,10H2,1-3H3. The maximum Gasteiger partial charge on any atom is 0.263 e. The highest BCUT2D eigenvalue weighted by Gasteiger charge is 2.20. The van der Waals surface area contributed by atoms with Crippen molar-refractivity contribution >= 4 is 16.9 Å². The highest BCUT2D eigenvalue weighted by atomic mass is 16.5. The Morgan fingerprint density at radius 3 is 2.83 bits per heavy atom. The third-order valence-corrected chi connectivity index (χ3v) is 3.82. The summed E-state index contributed by atoms with van der Waals surface area (Å²) in [5.41, 5.74) is 2.06. The van der Waals surface area contributed by atoms with Crippen LogP contribution in [0.3, 0.4) is 0 Å². The number of para-hydroxylation sites is 1. The summed E-state index contributed by atoms with van der Waals surface area (Å²) in [6, 6.07) is 7.73. The smallest absolute Gasteiger partial charge is 0.263 e. The van der Waals surface area contributed by atoms with Crippen molar-refractivity contribution in [2.75, 3.05) is 25.6 Å². The molecule has 0 N–H and O–H groups in total. The first kappa shape index (κ1) is 15.3. The van der Waals surface area contributed by atoms with E-state index >= 15 is 0 Å². The molecule has 2 aromatic heterocycles. The lowest BCUT2D eigenvalue weighted by Crippen LogP contribution is -2.19. The van der Waals surface area contributed by atoms with Gasteiger partial charge < -0.3 is 14.2 Å². The van der Waals surface area contributed by atoms with Crippen LogP contribution in [0.5, 0.6) is 5.75 Å². The lowest BCUT2D eigenvalue weighted by Gasteiger charge is -2.18. The van der Waals surface area contributed by atoms with Gasteiger partial charge in [-0.05, 0) is 18.6 Å². The summed E-state index contributed by atoms with van der Waals surface area (Å²) in [6.45, 7) is 3.09. The van der Waals surface area contributed by atoms with Gasteiger partial charge in [-0.2, -0.15) is 4.98 Å². The largest absolute Gasteiger partial charge is 0.496 e. The normalized spacial score (nSPS) is 10.9. The monoisotopic (exact) mass is 312 g/mol. The van der Waals surface area contributed by atoms with Gasteiger partial charge in [-0.15, -0.1) is 0 Å². The fourth-order valence-corrected chi connectivity index (χ4v) is 2.59. The van der Waals surface area contributed by atoms with Crippen molar-refractivity contribution < 1.29 is 9.26 Å². The van der Waals surface area contributed by atoms with Gasteiger partial charge in [-0.3, -0.25) is 0 Å². The number of ether oxygens (including phenoxy) is 1. The SMILES string of the molecule is CCCCN(C)c1ncnc2onc(-c3ccccc3OC)c12. The van der Waals surface area contributed by atoms with Crippen molar-refractivity contribution in [3.63, 3.8) is 0 Å². The summed E-state index contributed by atoms with van der Waals surface area (Å²) >= 11 is 0. The van der Waals surface area contributed by atoms with E-state index in [9.17, 15) is 0 Å². The zero-order valence-electron chi connectivity index (χ0n) is 13.6. The van der Waals surface area contributed by atoms with E-state index in [1.165, 1.54) is 6.33 Å². The van der Waals surface area contributed by atoms with Crippen LogP contribution in [-0.4, -0.2) is 35.8 Å². The molecule has 3 aromatic rings. The maximum atomic E-state index is 5.45. The third kappa shape index (κ3) is 2.84. The van der Waals surface area contributed by atoms with E-state index in [1.54, 1.807) is 7.11 Å². The van der Waals surface area contributed by atoms with Gasteiger partial charge in [0.05, 0.1) is 7.11 Å². The Balaban J connectivity index is 2.15. The minimum Gasteiger partial charge on any atom is -0.496 e. The summed E-state index contributed by atoms with van der Waals surface area (Å²) in [4.78, 5) is 10.8. The number of aromatic nitrogens is 3. The van der Waals surface area contributed by atoms with Crippen LogP contribution in [-0.2, 0) is 0 Å². The number of fused-ring (bicyclic) bond motifs is 1. The second kappa shape index (κ2) is 6.64. The van der Waals surface area contributed by atoms with Crippen LogP contribution in [0, 0.1) is 0 Å². The zero-order chi connectivity index (χ0) is 16.2. The first-order chi connectivity index (χ1) is 11.3. The number of rotatable bonds is 6. The van der Waals surface area contributed by atoms with Crippen LogP contribution in [0.15, 0.2) is 35.1 Å². The van der Waals surface area contributed by atoms with Gasteiger partial charge >= 0.3 is 0 Å². The Hall–Kier alpha value is -2.63. The van der Waals surface area contributed by atoms with Crippen molar-refractivity contribution in [2.24, 2.45) is 0 Å². The minimum absolute atomic E-state index is 0.485. The van der Waals surface area contributed by atoms with Crippen molar-refractivity contribution in [1.29, 1.82) is 0 Å². The van der Waals surface area contributed by atoms with Crippen LogP contribution in [0.1, 0.15) is 19.8 Å². The average molecular weight is 312 g/mol. The Bertz CT molecular complexity index is 800. The second-order valence-electron chi connectivity index (χ2n) is 5.38. The topological polar surface area (TPSA) is 64.3 Å². The number of anilines is 1. The van der Waals surface area contributed by atoms with Gasteiger partial charge in [0.1, 0.15) is 29.0 Å². The molecule has 120 valence electrons. The molecule has 0 atom stereocenters. The van der Waals surface area contributed by atoms with Crippen molar-refractivity contribution in [1.82, 2.24) is 15.1 Å². The average Bonchev–Trinajstić information content (AvgIpc) is 3.03. The Labute approximate surface area is 135 Å². The molecule has 6 nitrogen and oxygen atoms in total.